The van der Waals surface area contributed by atoms with Crippen molar-refractivity contribution in [2.45, 2.75) is 44.9 Å². The summed E-state index contributed by atoms with van der Waals surface area (Å²) in [4.78, 5) is 5.84. The van der Waals surface area contributed by atoms with Gasteiger partial charge in [0.1, 0.15) is 0 Å². The average Bonchev–Trinajstić information content (AvgIpc) is 3.08. The highest BCUT2D eigenvalue weighted by Gasteiger charge is 2.17. The maximum absolute atomic E-state index is 5.60. The Kier molecular flexibility index (Phi) is 8.41. The van der Waals surface area contributed by atoms with Crippen LogP contribution in [-0.2, 0) is 6.42 Å². The molecule has 1 aliphatic rings. The molecule has 0 spiro atoms. The number of thiazole rings is 1. The van der Waals surface area contributed by atoms with Crippen LogP contribution >= 0.6 is 11.3 Å². The van der Waals surface area contributed by atoms with Crippen molar-refractivity contribution >= 4 is 17.0 Å². The molecule has 0 aliphatic heterocycles. The summed E-state index contributed by atoms with van der Waals surface area (Å²) in [7, 11) is 4.89. The average molecular weight is 480 g/mol. The van der Waals surface area contributed by atoms with E-state index in [0.717, 1.165) is 35.3 Å². The SMILES string of the molecule is COc1cc(-c2csc(=NCCc3ccccc3)n2N=C2CCCCCC2)cc(OC)c1OC. The lowest BCUT2D eigenvalue weighted by molar-refractivity contribution is 0.324. The highest BCUT2D eigenvalue weighted by Crippen LogP contribution is 2.41. The molecule has 1 saturated carbocycles. The van der Waals surface area contributed by atoms with Crippen LogP contribution in [0.5, 0.6) is 17.2 Å². The molecule has 0 atom stereocenters. The number of hydrogen-bond acceptors (Lipinski definition) is 6. The number of ether oxygens (including phenoxy) is 3. The van der Waals surface area contributed by atoms with E-state index in [2.05, 4.69) is 29.6 Å². The van der Waals surface area contributed by atoms with Crippen molar-refractivity contribution in [2.24, 2.45) is 10.1 Å². The molecule has 2 aromatic carbocycles. The maximum Gasteiger partial charge on any atom is 0.206 e. The summed E-state index contributed by atoms with van der Waals surface area (Å²) >= 11 is 1.61. The van der Waals surface area contributed by atoms with E-state index in [4.69, 9.17) is 24.3 Å². The standard InChI is InChI=1S/C27H33N3O3S/c1-31-24-17-21(18-25(32-2)26(24)33-3)23-19-34-27(28-16-15-20-11-7-6-8-12-20)30(23)29-22-13-9-4-5-10-14-22/h6-8,11-12,17-19H,4-5,9-10,13-16H2,1-3H3. The molecule has 1 aromatic heterocycles. The van der Waals surface area contributed by atoms with Crippen LogP contribution in [0.2, 0.25) is 0 Å². The fraction of sp³-hybridized carbons (Fsp3) is 0.407. The lowest BCUT2D eigenvalue weighted by atomic mass is 10.1. The van der Waals surface area contributed by atoms with E-state index >= 15 is 0 Å². The van der Waals surface area contributed by atoms with Crippen molar-refractivity contribution < 1.29 is 14.2 Å². The third-order valence-corrected chi connectivity index (χ3v) is 6.91. The van der Waals surface area contributed by atoms with E-state index in [1.54, 1.807) is 32.7 Å². The van der Waals surface area contributed by atoms with Gasteiger partial charge in [-0.2, -0.15) is 5.10 Å². The number of aromatic nitrogens is 1. The monoisotopic (exact) mass is 479 g/mol. The highest BCUT2D eigenvalue weighted by molar-refractivity contribution is 7.07. The van der Waals surface area contributed by atoms with Crippen LogP contribution in [-0.4, -0.2) is 38.3 Å². The number of methoxy groups -OCH3 is 3. The van der Waals surface area contributed by atoms with Gasteiger partial charge in [-0.05, 0) is 49.8 Å². The summed E-state index contributed by atoms with van der Waals surface area (Å²) in [6.45, 7) is 0.712. The molecule has 0 unspecified atom stereocenters. The summed E-state index contributed by atoms with van der Waals surface area (Å²) in [6.07, 6.45) is 7.94. The van der Waals surface area contributed by atoms with Crippen LogP contribution in [0.15, 0.2) is 57.9 Å². The zero-order valence-corrected chi connectivity index (χ0v) is 21.1. The molecule has 7 heteroatoms. The van der Waals surface area contributed by atoms with Crippen molar-refractivity contribution in [3.05, 3.63) is 58.2 Å². The number of hydrogen-bond donors (Lipinski definition) is 0. The van der Waals surface area contributed by atoms with Crippen molar-refractivity contribution in [3.63, 3.8) is 0 Å². The van der Waals surface area contributed by atoms with Crippen LogP contribution in [0, 0.1) is 0 Å². The molecular weight excluding hydrogens is 446 g/mol. The van der Waals surface area contributed by atoms with E-state index in [9.17, 15) is 0 Å². The van der Waals surface area contributed by atoms with Crippen LogP contribution < -0.4 is 19.0 Å². The van der Waals surface area contributed by atoms with Crippen molar-refractivity contribution in [1.29, 1.82) is 0 Å². The number of benzene rings is 2. The first-order valence-electron chi connectivity index (χ1n) is 11.9. The van der Waals surface area contributed by atoms with Gasteiger partial charge in [0, 0.05) is 23.2 Å². The molecule has 1 heterocycles. The molecule has 0 saturated heterocycles. The maximum atomic E-state index is 5.60. The van der Waals surface area contributed by atoms with Crippen LogP contribution in [0.4, 0.5) is 0 Å². The summed E-state index contributed by atoms with van der Waals surface area (Å²) in [5.41, 5.74) is 4.45. The lowest BCUT2D eigenvalue weighted by Gasteiger charge is -2.14. The first kappa shape index (κ1) is 24.1. The van der Waals surface area contributed by atoms with Gasteiger partial charge in [0.2, 0.25) is 10.6 Å². The number of nitrogens with zero attached hydrogens (tertiary/aromatic N) is 3. The zero-order chi connectivity index (χ0) is 23.8. The highest BCUT2D eigenvalue weighted by atomic mass is 32.1. The molecule has 6 nitrogen and oxygen atoms in total. The fourth-order valence-electron chi connectivity index (χ4n) is 4.23. The zero-order valence-electron chi connectivity index (χ0n) is 20.3. The Morgan fingerprint density at radius 1 is 0.882 bits per heavy atom. The normalized spacial score (nSPS) is 14.6. The van der Waals surface area contributed by atoms with E-state index in [1.807, 2.05) is 22.9 Å². The van der Waals surface area contributed by atoms with E-state index in [-0.39, 0.29) is 0 Å². The van der Waals surface area contributed by atoms with Gasteiger partial charge in [0.15, 0.2) is 11.5 Å². The minimum atomic E-state index is 0.582. The van der Waals surface area contributed by atoms with Gasteiger partial charge in [-0.15, -0.1) is 11.3 Å². The van der Waals surface area contributed by atoms with E-state index in [0.29, 0.717) is 23.8 Å². The van der Waals surface area contributed by atoms with Crippen molar-refractivity contribution in [2.75, 3.05) is 27.9 Å². The smallest absolute Gasteiger partial charge is 0.206 e. The van der Waals surface area contributed by atoms with Gasteiger partial charge in [0.25, 0.3) is 0 Å². The Labute approximate surface area is 205 Å². The Balaban J connectivity index is 1.76. The predicted octanol–water partition coefficient (Wildman–Crippen LogP) is 5.94. The molecule has 1 fully saturated rings. The van der Waals surface area contributed by atoms with Gasteiger partial charge in [0.05, 0.1) is 27.0 Å². The molecule has 180 valence electrons. The molecule has 3 aromatic rings. The van der Waals surface area contributed by atoms with E-state index < -0.39 is 0 Å². The van der Waals surface area contributed by atoms with Crippen molar-refractivity contribution in [1.82, 2.24) is 4.68 Å². The quantitative estimate of drug-likeness (QED) is 0.376. The molecule has 0 bridgehead atoms. The van der Waals surface area contributed by atoms with Gasteiger partial charge in [-0.3, -0.25) is 4.99 Å². The van der Waals surface area contributed by atoms with Crippen LogP contribution in [0.3, 0.4) is 0 Å². The van der Waals surface area contributed by atoms with Crippen LogP contribution in [0.1, 0.15) is 44.1 Å². The third-order valence-electron chi connectivity index (χ3n) is 6.06. The molecule has 0 radical (unpaired) electrons. The molecule has 0 amide bonds. The molecule has 1 aliphatic carbocycles. The van der Waals surface area contributed by atoms with Gasteiger partial charge >= 0.3 is 0 Å². The Morgan fingerprint density at radius 2 is 1.56 bits per heavy atom. The largest absolute Gasteiger partial charge is 0.493 e. The van der Waals surface area contributed by atoms with Gasteiger partial charge < -0.3 is 14.2 Å². The van der Waals surface area contributed by atoms with E-state index in [1.165, 1.54) is 37.0 Å². The molecule has 0 N–H and O–H groups in total. The predicted molar refractivity (Wildman–Crippen MR) is 139 cm³/mol. The summed E-state index contributed by atoms with van der Waals surface area (Å²) in [5, 5.41) is 7.24. The lowest BCUT2D eigenvalue weighted by Crippen LogP contribution is -2.15. The van der Waals surface area contributed by atoms with Gasteiger partial charge in [-0.1, -0.05) is 43.2 Å². The molecule has 4 rings (SSSR count). The molecule has 34 heavy (non-hydrogen) atoms. The Bertz CT molecular complexity index is 1150. The fourth-order valence-corrected chi connectivity index (χ4v) is 5.09. The molecular formula is C27H33N3O3S. The summed E-state index contributed by atoms with van der Waals surface area (Å²) < 4.78 is 18.7. The second-order valence-corrected chi connectivity index (χ2v) is 9.16. The Hall–Kier alpha value is -3.06. The number of rotatable bonds is 8. The van der Waals surface area contributed by atoms with Crippen LogP contribution in [0.25, 0.3) is 11.3 Å². The second kappa shape index (κ2) is 11.9. The minimum absolute atomic E-state index is 0.582. The first-order valence-corrected chi connectivity index (χ1v) is 12.7. The second-order valence-electron chi connectivity index (χ2n) is 8.33. The Morgan fingerprint density at radius 3 is 2.18 bits per heavy atom. The van der Waals surface area contributed by atoms with Gasteiger partial charge in [-0.25, -0.2) is 4.68 Å². The summed E-state index contributed by atoms with van der Waals surface area (Å²) in [6, 6.07) is 14.4. The first-order chi connectivity index (χ1) is 16.7. The topological polar surface area (TPSA) is 57.3 Å². The minimum Gasteiger partial charge on any atom is -0.493 e. The third kappa shape index (κ3) is 5.70. The summed E-state index contributed by atoms with van der Waals surface area (Å²) in [5.74, 6) is 1.83. The van der Waals surface area contributed by atoms with Crippen molar-refractivity contribution in [3.8, 4) is 28.5 Å².